The zero-order valence-corrected chi connectivity index (χ0v) is 13.0. The van der Waals surface area contributed by atoms with Crippen LogP contribution in [0, 0.1) is 0 Å². The second-order valence-corrected chi connectivity index (χ2v) is 5.50. The van der Waals surface area contributed by atoms with Gasteiger partial charge in [-0.15, -0.1) is 5.10 Å². The Morgan fingerprint density at radius 1 is 0.792 bits per heavy atom. The van der Waals surface area contributed by atoms with E-state index in [-0.39, 0.29) is 6.17 Å². The van der Waals surface area contributed by atoms with Gasteiger partial charge in [0.25, 0.3) is 0 Å². The number of hydrogen-bond donors (Lipinski definition) is 0. The number of nitrogens with zero attached hydrogens (tertiary/aromatic N) is 4. The number of para-hydroxylation sites is 1. The highest BCUT2D eigenvalue weighted by molar-refractivity contribution is 5.80. The topological polar surface area (TPSA) is 43.1 Å². The first kappa shape index (κ1) is 14.3. The molecular formula is C20H16N4. The van der Waals surface area contributed by atoms with Gasteiger partial charge in [0.2, 0.25) is 0 Å². The predicted molar refractivity (Wildman–Crippen MR) is 96.1 cm³/mol. The van der Waals surface area contributed by atoms with Gasteiger partial charge in [-0.25, -0.2) is 4.68 Å². The summed E-state index contributed by atoms with van der Waals surface area (Å²) < 4.78 is 1.87. The molecule has 1 heterocycles. The Morgan fingerprint density at radius 3 is 2.25 bits per heavy atom. The Labute approximate surface area is 140 Å². The van der Waals surface area contributed by atoms with Crippen LogP contribution < -0.4 is 0 Å². The van der Waals surface area contributed by atoms with E-state index in [0.29, 0.717) is 0 Å². The summed E-state index contributed by atoms with van der Waals surface area (Å²) in [4.78, 5) is 4.79. The number of rotatable bonds is 4. The van der Waals surface area contributed by atoms with Crippen molar-refractivity contribution < 1.29 is 0 Å². The second kappa shape index (κ2) is 6.46. The highest BCUT2D eigenvalue weighted by atomic mass is 15.5. The molecule has 0 aliphatic rings. The Hall–Kier alpha value is -3.27. The maximum Gasteiger partial charge on any atom is 0.169 e. The lowest BCUT2D eigenvalue weighted by Crippen LogP contribution is -2.10. The number of aliphatic imine (C=N–C) groups is 1. The molecule has 0 fully saturated rings. The van der Waals surface area contributed by atoms with Crippen LogP contribution in [-0.4, -0.2) is 21.2 Å². The van der Waals surface area contributed by atoms with E-state index in [0.717, 1.165) is 22.2 Å². The lowest BCUT2D eigenvalue weighted by molar-refractivity contribution is 0.543. The third-order valence-electron chi connectivity index (χ3n) is 3.87. The van der Waals surface area contributed by atoms with Crippen molar-refractivity contribution in [2.45, 2.75) is 6.17 Å². The van der Waals surface area contributed by atoms with Crippen molar-refractivity contribution in [1.82, 2.24) is 15.0 Å². The highest BCUT2D eigenvalue weighted by Crippen LogP contribution is 2.23. The summed E-state index contributed by atoms with van der Waals surface area (Å²) in [7, 11) is 0. The fraction of sp³-hybridized carbons (Fsp3) is 0.0500. The van der Waals surface area contributed by atoms with E-state index >= 15 is 0 Å². The van der Waals surface area contributed by atoms with Gasteiger partial charge in [-0.05, 0) is 23.3 Å². The molecule has 0 bridgehead atoms. The van der Waals surface area contributed by atoms with Crippen molar-refractivity contribution in [3.05, 3.63) is 96.1 Å². The van der Waals surface area contributed by atoms with Crippen LogP contribution in [0.4, 0.5) is 0 Å². The predicted octanol–water partition coefficient (Wildman–Crippen LogP) is 4.10. The summed E-state index contributed by atoms with van der Waals surface area (Å²) >= 11 is 0. The lowest BCUT2D eigenvalue weighted by Gasteiger charge is -2.14. The zero-order chi connectivity index (χ0) is 16.2. The molecule has 3 aromatic carbocycles. The molecule has 116 valence electrons. The summed E-state index contributed by atoms with van der Waals surface area (Å²) in [6.45, 7) is 0. The van der Waals surface area contributed by atoms with Crippen LogP contribution in [-0.2, 0) is 0 Å². The van der Waals surface area contributed by atoms with Crippen LogP contribution in [0.3, 0.4) is 0 Å². The van der Waals surface area contributed by atoms with E-state index in [1.165, 1.54) is 0 Å². The first-order valence-electron chi connectivity index (χ1n) is 7.85. The molecule has 1 aromatic heterocycles. The molecule has 0 saturated carbocycles. The van der Waals surface area contributed by atoms with Gasteiger partial charge in [-0.3, -0.25) is 4.99 Å². The molecular weight excluding hydrogens is 296 g/mol. The Morgan fingerprint density at radius 2 is 1.46 bits per heavy atom. The van der Waals surface area contributed by atoms with Crippen LogP contribution in [0.5, 0.6) is 0 Å². The van der Waals surface area contributed by atoms with E-state index in [4.69, 9.17) is 4.99 Å². The molecule has 0 saturated heterocycles. The number of fused-ring (bicyclic) bond motifs is 1. The van der Waals surface area contributed by atoms with Crippen LogP contribution in [0.25, 0.3) is 11.0 Å². The number of benzene rings is 3. The van der Waals surface area contributed by atoms with Crippen molar-refractivity contribution in [2.75, 3.05) is 0 Å². The normalized spacial score (nSPS) is 12.7. The van der Waals surface area contributed by atoms with Gasteiger partial charge in [0, 0.05) is 6.21 Å². The first-order chi connectivity index (χ1) is 11.9. The van der Waals surface area contributed by atoms with E-state index in [1.807, 2.05) is 83.7 Å². The Kier molecular flexibility index (Phi) is 3.86. The van der Waals surface area contributed by atoms with Gasteiger partial charge in [-0.1, -0.05) is 78.0 Å². The average Bonchev–Trinajstić information content (AvgIpc) is 3.08. The quantitative estimate of drug-likeness (QED) is 0.533. The van der Waals surface area contributed by atoms with Crippen molar-refractivity contribution >= 4 is 17.2 Å². The first-order valence-corrected chi connectivity index (χ1v) is 7.85. The minimum Gasteiger partial charge on any atom is -0.261 e. The van der Waals surface area contributed by atoms with Gasteiger partial charge >= 0.3 is 0 Å². The average molecular weight is 312 g/mol. The van der Waals surface area contributed by atoms with Gasteiger partial charge < -0.3 is 0 Å². The maximum atomic E-state index is 4.79. The minimum absolute atomic E-state index is 0.251. The van der Waals surface area contributed by atoms with E-state index < -0.39 is 0 Å². The van der Waals surface area contributed by atoms with E-state index in [2.05, 4.69) is 22.4 Å². The molecule has 0 spiro atoms. The highest BCUT2D eigenvalue weighted by Gasteiger charge is 2.15. The number of hydrogen-bond acceptors (Lipinski definition) is 3. The molecule has 1 atom stereocenters. The monoisotopic (exact) mass is 312 g/mol. The van der Waals surface area contributed by atoms with Crippen molar-refractivity contribution in [3.8, 4) is 0 Å². The zero-order valence-electron chi connectivity index (χ0n) is 13.0. The van der Waals surface area contributed by atoms with Gasteiger partial charge in [0.1, 0.15) is 5.52 Å². The molecule has 4 nitrogen and oxygen atoms in total. The molecule has 4 aromatic rings. The van der Waals surface area contributed by atoms with Gasteiger partial charge in [-0.2, -0.15) is 0 Å². The second-order valence-electron chi connectivity index (χ2n) is 5.50. The molecule has 0 aliphatic heterocycles. The molecule has 24 heavy (non-hydrogen) atoms. The van der Waals surface area contributed by atoms with Crippen LogP contribution in [0.2, 0.25) is 0 Å². The summed E-state index contributed by atoms with van der Waals surface area (Å²) in [5.74, 6) is 0. The maximum absolute atomic E-state index is 4.79. The third-order valence-corrected chi connectivity index (χ3v) is 3.87. The van der Waals surface area contributed by atoms with Crippen molar-refractivity contribution in [2.24, 2.45) is 4.99 Å². The van der Waals surface area contributed by atoms with Crippen LogP contribution in [0.15, 0.2) is 89.9 Å². The molecule has 0 amide bonds. The molecule has 0 radical (unpaired) electrons. The van der Waals surface area contributed by atoms with E-state index in [1.54, 1.807) is 0 Å². The molecule has 0 N–H and O–H groups in total. The van der Waals surface area contributed by atoms with Gasteiger partial charge in [0.05, 0.1) is 5.52 Å². The van der Waals surface area contributed by atoms with Gasteiger partial charge in [0.15, 0.2) is 6.17 Å². The third kappa shape index (κ3) is 2.82. The molecule has 4 rings (SSSR count). The Bertz CT molecular complexity index is 959. The fourth-order valence-electron chi connectivity index (χ4n) is 2.68. The van der Waals surface area contributed by atoms with Crippen LogP contribution >= 0.6 is 0 Å². The summed E-state index contributed by atoms with van der Waals surface area (Å²) in [5.41, 5.74) is 3.97. The van der Waals surface area contributed by atoms with Crippen LogP contribution in [0.1, 0.15) is 17.3 Å². The smallest absolute Gasteiger partial charge is 0.169 e. The molecule has 1 unspecified atom stereocenters. The van der Waals surface area contributed by atoms with Crippen molar-refractivity contribution in [3.63, 3.8) is 0 Å². The molecule has 0 aliphatic carbocycles. The Balaban J connectivity index is 1.80. The minimum atomic E-state index is -0.251. The largest absolute Gasteiger partial charge is 0.261 e. The lowest BCUT2D eigenvalue weighted by atomic mass is 10.1. The number of aromatic nitrogens is 3. The SMILES string of the molecule is C(=NC(c1ccccc1)n1nnc2ccccc21)c1ccccc1. The summed E-state index contributed by atoms with van der Waals surface area (Å²) in [6.07, 6.45) is 1.63. The van der Waals surface area contributed by atoms with E-state index in [9.17, 15) is 0 Å². The summed E-state index contributed by atoms with van der Waals surface area (Å²) in [6, 6.07) is 28.1. The fourth-order valence-corrected chi connectivity index (χ4v) is 2.68. The molecule has 4 heteroatoms. The van der Waals surface area contributed by atoms with Crippen molar-refractivity contribution in [1.29, 1.82) is 0 Å². The standard InChI is InChI=1S/C20H16N4/c1-3-9-16(10-4-1)15-21-20(17-11-5-2-6-12-17)24-19-14-8-7-13-18(19)22-23-24/h1-15,20H. The summed E-state index contributed by atoms with van der Waals surface area (Å²) in [5, 5.41) is 8.60.